The maximum Gasteiger partial charge on any atom is 0.127 e. The van der Waals surface area contributed by atoms with Gasteiger partial charge in [-0.1, -0.05) is 12.1 Å². The van der Waals surface area contributed by atoms with E-state index in [9.17, 15) is 9.18 Å². The van der Waals surface area contributed by atoms with Crippen LogP contribution >= 0.6 is 0 Å². The normalized spacial score (nSPS) is 16.3. The van der Waals surface area contributed by atoms with Gasteiger partial charge >= 0.3 is 0 Å². The second-order valence-corrected chi connectivity index (χ2v) is 4.61. The Bertz CT molecular complexity index is 386. The molecule has 1 aliphatic heterocycles. The summed E-state index contributed by atoms with van der Waals surface area (Å²) in [5, 5.41) is 0. The molecule has 0 aromatic heterocycles. The zero-order valence-electron chi connectivity index (χ0n) is 9.99. The summed E-state index contributed by atoms with van der Waals surface area (Å²) in [6.45, 7) is 2.86. The van der Waals surface area contributed by atoms with Crippen LogP contribution < -0.4 is 0 Å². The van der Waals surface area contributed by atoms with Gasteiger partial charge in [0, 0.05) is 18.5 Å². The first-order valence-electron chi connectivity index (χ1n) is 6.23. The van der Waals surface area contributed by atoms with Crippen LogP contribution in [-0.4, -0.2) is 24.3 Å². The zero-order chi connectivity index (χ0) is 12.1. The summed E-state index contributed by atoms with van der Waals surface area (Å²) in [7, 11) is 0. The first kappa shape index (κ1) is 12.2. The Morgan fingerprint density at radius 2 is 2.06 bits per heavy atom. The summed E-state index contributed by atoms with van der Waals surface area (Å²) in [6, 6.07) is 5.35. The van der Waals surface area contributed by atoms with Gasteiger partial charge in [0.1, 0.15) is 12.1 Å². The minimum atomic E-state index is -0.139. The summed E-state index contributed by atoms with van der Waals surface area (Å²) in [4.78, 5) is 12.5. The van der Waals surface area contributed by atoms with Crippen molar-refractivity contribution in [3.8, 4) is 0 Å². The Morgan fingerprint density at radius 3 is 2.71 bits per heavy atom. The van der Waals surface area contributed by atoms with Crippen LogP contribution in [0.1, 0.15) is 30.4 Å². The molecule has 1 aliphatic rings. The van der Waals surface area contributed by atoms with Crippen LogP contribution in [0.5, 0.6) is 0 Å². The second-order valence-electron chi connectivity index (χ2n) is 4.61. The number of aldehydes is 1. The summed E-state index contributed by atoms with van der Waals surface area (Å²) < 4.78 is 13.8. The highest BCUT2D eigenvalue weighted by Gasteiger charge is 2.13. The van der Waals surface area contributed by atoms with Gasteiger partial charge in [-0.25, -0.2) is 4.39 Å². The molecule has 1 saturated heterocycles. The topological polar surface area (TPSA) is 20.3 Å². The number of hydrogen-bond donors (Lipinski definition) is 0. The van der Waals surface area contributed by atoms with Crippen LogP contribution in [-0.2, 0) is 17.8 Å². The van der Waals surface area contributed by atoms with E-state index in [-0.39, 0.29) is 5.82 Å². The van der Waals surface area contributed by atoms with E-state index in [1.165, 1.54) is 12.8 Å². The molecule has 0 spiro atoms. The first-order valence-corrected chi connectivity index (χ1v) is 6.23. The van der Waals surface area contributed by atoms with Crippen LogP contribution in [0.15, 0.2) is 18.2 Å². The number of hydrogen-bond acceptors (Lipinski definition) is 2. The Kier molecular flexibility index (Phi) is 4.26. The summed E-state index contributed by atoms with van der Waals surface area (Å²) in [5.74, 6) is -0.139. The third kappa shape index (κ3) is 3.37. The summed E-state index contributed by atoms with van der Waals surface area (Å²) in [6.07, 6.45) is 4.41. The molecule has 0 aliphatic carbocycles. The molecule has 3 heteroatoms. The molecular formula is C14H18FNO. The number of carbonyl (C=O) groups is 1. The van der Waals surface area contributed by atoms with Crippen LogP contribution in [0.25, 0.3) is 0 Å². The third-order valence-electron chi connectivity index (χ3n) is 3.26. The van der Waals surface area contributed by atoms with Gasteiger partial charge < -0.3 is 4.79 Å². The molecule has 17 heavy (non-hydrogen) atoms. The number of rotatable bonds is 5. The van der Waals surface area contributed by atoms with Crippen molar-refractivity contribution in [2.24, 2.45) is 0 Å². The summed E-state index contributed by atoms with van der Waals surface area (Å²) in [5.41, 5.74) is 1.67. The minimum absolute atomic E-state index is 0.139. The van der Waals surface area contributed by atoms with Gasteiger partial charge in [-0.05, 0) is 44.0 Å². The Balaban J connectivity index is 2.00. The van der Waals surface area contributed by atoms with Crippen molar-refractivity contribution in [1.82, 2.24) is 4.90 Å². The van der Waals surface area contributed by atoms with Gasteiger partial charge in [-0.3, -0.25) is 4.90 Å². The predicted molar refractivity (Wildman–Crippen MR) is 65.3 cm³/mol. The van der Waals surface area contributed by atoms with Crippen molar-refractivity contribution in [2.75, 3.05) is 13.1 Å². The molecule has 0 saturated carbocycles. The second kappa shape index (κ2) is 5.92. The van der Waals surface area contributed by atoms with Gasteiger partial charge in [0.2, 0.25) is 0 Å². The van der Waals surface area contributed by atoms with Crippen molar-refractivity contribution in [2.45, 2.75) is 32.2 Å². The predicted octanol–water partition coefficient (Wildman–Crippen LogP) is 2.55. The molecule has 0 atom stereocenters. The van der Waals surface area contributed by atoms with E-state index >= 15 is 0 Å². The number of likely N-dealkylation sites (tertiary alicyclic amines) is 1. The maximum absolute atomic E-state index is 13.8. The van der Waals surface area contributed by atoms with Crippen LogP contribution in [0.2, 0.25) is 0 Å². The molecule has 0 radical (unpaired) electrons. The molecule has 2 rings (SSSR count). The van der Waals surface area contributed by atoms with Crippen LogP contribution in [0, 0.1) is 5.82 Å². The average Bonchev–Trinajstić information content (AvgIpc) is 2.82. The zero-order valence-corrected chi connectivity index (χ0v) is 9.99. The summed E-state index contributed by atoms with van der Waals surface area (Å²) >= 11 is 0. The standard InChI is InChI=1S/C14H18FNO/c15-14-10-12(4-3-9-17)5-6-13(14)11-16-7-1-2-8-16/h5-6,9-10H,1-4,7-8,11H2. The number of aryl methyl sites for hydroxylation is 1. The molecule has 1 fully saturated rings. The molecule has 0 N–H and O–H groups in total. The maximum atomic E-state index is 13.8. The monoisotopic (exact) mass is 235 g/mol. The number of nitrogens with zero attached hydrogens (tertiary/aromatic N) is 1. The minimum Gasteiger partial charge on any atom is -0.303 e. The highest BCUT2D eigenvalue weighted by molar-refractivity contribution is 5.50. The van der Waals surface area contributed by atoms with Gasteiger partial charge in [0.25, 0.3) is 0 Å². The van der Waals surface area contributed by atoms with E-state index in [0.29, 0.717) is 19.4 Å². The molecule has 2 nitrogen and oxygen atoms in total. The largest absolute Gasteiger partial charge is 0.303 e. The smallest absolute Gasteiger partial charge is 0.127 e. The van der Waals surface area contributed by atoms with Crippen molar-refractivity contribution in [3.63, 3.8) is 0 Å². The fourth-order valence-corrected chi connectivity index (χ4v) is 2.28. The first-order chi connectivity index (χ1) is 8.29. The van der Waals surface area contributed by atoms with Gasteiger partial charge in [-0.2, -0.15) is 0 Å². The number of halogens is 1. The lowest BCUT2D eigenvalue weighted by atomic mass is 10.1. The van der Waals surface area contributed by atoms with Gasteiger partial charge in [0.05, 0.1) is 0 Å². The van der Waals surface area contributed by atoms with E-state index in [1.807, 2.05) is 12.1 Å². The van der Waals surface area contributed by atoms with E-state index in [4.69, 9.17) is 0 Å². The Hall–Kier alpha value is -1.22. The average molecular weight is 235 g/mol. The molecule has 1 heterocycles. The molecule has 0 bridgehead atoms. The SMILES string of the molecule is O=CCCc1ccc(CN2CCCC2)c(F)c1. The van der Waals surface area contributed by atoms with E-state index < -0.39 is 0 Å². The number of carbonyl (C=O) groups excluding carboxylic acids is 1. The number of benzene rings is 1. The van der Waals surface area contributed by atoms with Crippen molar-refractivity contribution in [1.29, 1.82) is 0 Å². The lowest BCUT2D eigenvalue weighted by molar-refractivity contribution is -0.107. The molecular weight excluding hydrogens is 217 g/mol. The molecule has 0 amide bonds. The highest BCUT2D eigenvalue weighted by Crippen LogP contribution is 2.17. The van der Waals surface area contributed by atoms with Crippen LogP contribution in [0.3, 0.4) is 0 Å². The third-order valence-corrected chi connectivity index (χ3v) is 3.26. The van der Waals surface area contributed by atoms with E-state index in [2.05, 4.69) is 4.90 Å². The van der Waals surface area contributed by atoms with Crippen molar-refractivity contribution >= 4 is 6.29 Å². The molecule has 92 valence electrons. The highest BCUT2D eigenvalue weighted by atomic mass is 19.1. The fourth-order valence-electron chi connectivity index (χ4n) is 2.28. The van der Waals surface area contributed by atoms with Crippen molar-refractivity contribution in [3.05, 3.63) is 35.1 Å². The Morgan fingerprint density at radius 1 is 1.29 bits per heavy atom. The van der Waals surface area contributed by atoms with Crippen LogP contribution in [0.4, 0.5) is 4.39 Å². The van der Waals surface area contributed by atoms with Gasteiger partial charge in [0.15, 0.2) is 0 Å². The van der Waals surface area contributed by atoms with Gasteiger partial charge in [-0.15, -0.1) is 0 Å². The van der Waals surface area contributed by atoms with Crippen molar-refractivity contribution < 1.29 is 9.18 Å². The van der Waals surface area contributed by atoms with E-state index in [0.717, 1.165) is 30.5 Å². The quantitative estimate of drug-likeness (QED) is 0.731. The lowest BCUT2D eigenvalue weighted by Crippen LogP contribution is -2.19. The van der Waals surface area contributed by atoms with E-state index in [1.54, 1.807) is 6.07 Å². The Labute approximate surface area is 101 Å². The fraction of sp³-hybridized carbons (Fsp3) is 0.500. The molecule has 1 aromatic carbocycles. The molecule has 1 aromatic rings. The molecule has 0 unspecified atom stereocenters. The lowest BCUT2D eigenvalue weighted by Gasteiger charge is -2.15.